The van der Waals surface area contributed by atoms with Crippen molar-refractivity contribution in [2.24, 2.45) is 7.05 Å². The Bertz CT molecular complexity index is 926. The first-order valence-electron chi connectivity index (χ1n) is 9.65. The second-order valence-corrected chi connectivity index (χ2v) is 7.65. The minimum atomic E-state index is -0.249. The minimum Gasteiger partial charge on any atom is -0.483 e. The van der Waals surface area contributed by atoms with Crippen LogP contribution in [-0.2, 0) is 24.8 Å². The van der Waals surface area contributed by atoms with Crippen LogP contribution >= 0.6 is 11.8 Å². The molecule has 0 spiro atoms. The highest BCUT2D eigenvalue weighted by Gasteiger charge is 2.18. The zero-order valence-electron chi connectivity index (χ0n) is 17.0. The molecule has 6 nitrogen and oxygen atoms in total. The molecule has 7 heteroatoms. The van der Waals surface area contributed by atoms with E-state index in [0.29, 0.717) is 11.7 Å². The molecule has 0 fully saturated rings. The van der Waals surface area contributed by atoms with Crippen LogP contribution in [-0.4, -0.2) is 26.4 Å². The Labute approximate surface area is 175 Å². The average Bonchev–Trinajstić information content (AvgIpc) is 3.12. The Morgan fingerprint density at radius 3 is 2.52 bits per heavy atom. The molecule has 0 aliphatic rings. The van der Waals surface area contributed by atoms with Crippen LogP contribution in [0.3, 0.4) is 0 Å². The zero-order chi connectivity index (χ0) is 20.6. The van der Waals surface area contributed by atoms with E-state index in [1.165, 1.54) is 17.3 Å². The summed E-state index contributed by atoms with van der Waals surface area (Å²) in [6.45, 7) is 4.59. The highest BCUT2D eigenvalue weighted by Crippen LogP contribution is 2.24. The molecule has 152 valence electrons. The summed E-state index contributed by atoms with van der Waals surface area (Å²) in [5.74, 6) is 1.76. The van der Waals surface area contributed by atoms with E-state index in [4.69, 9.17) is 4.74 Å². The van der Waals surface area contributed by atoms with E-state index >= 15 is 0 Å². The number of nitrogens with zero attached hydrogens (tertiary/aromatic N) is 3. The quantitative estimate of drug-likeness (QED) is 0.542. The van der Waals surface area contributed by atoms with Crippen molar-refractivity contribution >= 4 is 17.7 Å². The van der Waals surface area contributed by atoms with Crippen molar-refractivity contribution in [3.05, 3.63) is 71.5 Å². The van der Waals surface area contributed by atoms with Crippen LogP contribution in [0.25, 0.3) is 0 Å². The molecule has 2 aromatic carbocycles. The van der Waals surface area contributed by atoms with Crippen LogP contribution in [0.4, 0.5) is 0 Å². The molecule has 0 saturated heterocycles. The van der Waals surface area contributed by atoms with E-state index in [1.807, 2.05) is 61.0 Å². The standard InChI is InChI=1S/C22H26N4O2S/c1-4-17-10-12-19(13-11-17)28-16(2)21-24-25-22(26(21)3)29-15-20(27)23-14-18-8-6-5-7-9-18/h5-13,16H,4,14-15H2,1-3H3,(H,23,27)/t16-/m0/s1. The van der Waals surface area contributed by atoms with Crippen LogP contribution in [0, 0.1) is 0 Å². The average molecular weight is 411 g/mol. The van der Waals surface area contributed by atoms with Crippen LogP contribution < -0.4 is 10.1 Å². The summed E-state index contributed by atoms with van der Waals surface area (Å²) < 4.78 is 7.87. The predicted octanol–water partition coefficient (Wildman–Crippen LogP) is 3.93. The third-order valence-corrected chi connectivity index (χ3v) is 5.56. The molecule has 1 N–H and O–H groups in total. The molecule has 0 radical (unpaired) electrons. The molecular formula is C22H26N4O2S. The number of nitrogens with one attached hydrogen (secondary N) is 1. The molecule has 29 heavy (non-hydrogen) atoms. The van der Waals surface area contributed by atoms with Crippen LogP contribution in [0.1, 0.15) is 36.9 Å². The van der Waals surface area contributed by atoms with Crippen molar-refractivity contribution in [1.29, 1.82) is 0 Å². The number of carbonyl (C=O) groups is 1. The third-order valence-electron chi connectivity index (χ3n) is 4.54. The van der Waals surface area contributed by atoms with E-state index in [2.05, 4.69) is 34.6 Å². The van der Waals surface area contributed by atoms with Crippen LogP contribution in [0.5, 0.6) is 5.75 Å². The van der Waals surface area contributed by atoms with E-state index in [-0.39, 0.29) is 17.8 Å². The molecular weight excluding hydrogens is 384 g/mol. The Kier molecular flexibility index (Phi) is 7.30. The third kappa shape index (κ3) is 5.84. The van der Waals surface area contributed by atoms with Gasteiger partial charge in [0.2, 0.25) is 5.91 Å². The lowest BCUT2D eigenvalue weighted by atomic mass is 10.2. The number of aromatic nitrogens is 3. The van der Waals surface area contributed by atoms with Crippen molar-refractivity contribution in [2.75, 3.05) is 5.75 Å². The van der Waals surface area contributed by atoms with Gasteiger partial charge in [0.25, 0.3) is 0 Å². The molecule has 0 aliphatic heterocycles. The van der Waals surface area contributed by atoms with Gasteiger partial charge in [0, 0.05) is 13.6 Å². The highest BCUT2D eigenvalue weighted by molar-refractivity contribution is 7.99. The monoisotopic (exact) mass is 410 g/mol. The van der Waals surface area contributed by atoms with E-state index in [0.717, 1.165) is 23.6 Å². The molecule has 1 aromatic heterocycles. The van der Waals surface area contributed by atoms with Crippen molar-refractivity contribution in [3.8, 4) is 5.75 Å². The van der Waals surface area contributed by atoms with Gasteiger partial charge in [-0.15, -0.1) is 10.2 Å². The first-order chi connectivity index (χ1) is 14.1. The number of rotatable bonds is 9. The maximum absolute atomic E-state index is 12.1. The summed E-state index contributed by atoms with van der Waals surface area (Å²) >= 11 is 1.36. The summed E-state index contributed by atoms with van der Waals surface area (Å²) in [4.78, 5) is 12.1. The van der Waals surface area contributed by atoms with Crippen LogP contribution in [0.2, 0.25) is 0 Å². The summed E-state index contributed by atoms with van der Waals surface area (Å²) in [7, 11) is 1.89. The first kappa shape index (κ1) is 20.9. The molecule has 1 heterocycles. The van der Waals surface area contributed by atoms with E-state index in [9.17, 15) is 4.79 Å². The number of aryl methyl sites for hydroxylation is 1. The zero-order valence-corrected chi connectivity index (χ0v) is 17.8. The van der Waals surface area contributed by atoms with Gasteiger partial charge in [-0.1, -0.05) is 61.2 Å². The fraction of sp³-hybridized carbons (Fsp3) is 0.318. The van der Waals surface area contributed by atoms with Gasteiger partial charge in [-0.25, -0.2) is 0 Å². The normalized spacial score (nSPS) is 11.8. The largest absolute Gasteiger partial charge is 0.483 e. The Balaban J connectivity index is 1.52. The number of thioether (sulfide) groups is 1. The van der Waals surface area contributed by atoms with Gasteiger partial charge in [0.15, 0.2) is 17.1 Å². The molecule has 3 aromatic rings. The van der Waals surface area contributed by atoms with Crippen molar-refractivity contribution < 1.29 is 9.53 Å². The summed E-state index contributed by atoms with van der Waals surface area (Å²) in [5, 5.41) is 12.1. The number of ether oxygens (including phenoxy) is 1. The maximum Gasteiger partial charge on any atom is 0.230 e. The van der Waals surface area contributed by atoms with E-state index in [1.54, 1.807) is 0 Å². The van der Waals surface area contributed by atoms with Gasteiger partial charge in [-0.05, 0) is 36.6 Å². The highest BCUT2D eigenvalue weighted by atomic mass is 32.2. The molecule has 1 amide bonds. The SMILES string of the molecule is CCc1ccc(O[C@@H](C)c2nnc(SCC(=O)NCc3ccccc3)n2C)cc1. The fourth-order valence-corrected chi connectivity index (χ4v) is 3.59. The predicted molar refractivity (Wildman–Crippen MR) is 115 cm³/mol. The van der Waals surface area contributed by atoms with Gasteiger partial charge in [0.1, 0.15) is 5.75 Å². The number of hydrogen-bond donors (Lipinski definition) is 1. The lowest BCUT2D eigenvalue weighted by molar-refractivity contribution is -0.118. The van der Waals surface area contributed by atoms with Crippen LogP contribution in [0.15, 0.2) is 59.8 Å². The molecule has 0 aliphatic carbocycles. The second-order valence-electron chi connectivity index (χ2n) is 6.71. The number of hydrogen-bond acceptors (Lipinski definition) is 5. The Hall–Kier alpha value is -2.80. The van der Waals surface area contributed by atoms with Gasteiger partial charge in [0.05, 0.1) is 5.75 Å². The Morgan fingerprint density at radius 2 is 1.83 bits per heavy atom. The Morgan fingerprint density at radius 1 is 1.10 bits per heavy atom. The fourth-order valence-electron chi connectivity index (χ4n) is 2.84. The molecule has 0 saturated carbocycles. The van der Waals surface area contributed by atoms with Crippen molar-refractivity contribution in [1.82, 2.24) is 20.1 Å². The van der Waals surface area contributed by atoms with Gasteiger partial charge in [-0.3, -0.25) is 4.79 Å². The molecule has 1 atom stereocenters. The molecule has 3 rings (SSSR count). The first-order valence-corrected chi connectivity index (χ1v) is 10.6. The van der Waals surface area contributed by atoms with E-state index < -0.39 is 0 Å². The van der Waals surface area contributed by atoms with Crippen molar-refractivity contribution in [2.45, 2.75) is 38.1 Å². The van der Waals surface area contributed by atoms with Crippen molar-refractivity contribution in [3.63, 3.8) is 0 Å². The molecule has 0 bridgehead atoms. The number of amides is 1. The maximum atomic E-state index is 12.1. The second kappa shape index (κ2) is 10.1. The minimum absolute atomic E-state index is 0.0382. The topological polar surface area (TPSA) is 69.0 Å². The number of carbonyl (C=O) groups excluding carboxylic acids is 1. The lowest BCUT2D eigenvalue weighted by Gasteiger charge is -2.14. The molecule has 0 unspecified atom stereocenters. The lowest BCUT2D eigenvalue weighted by Crippen LogP contribution is -2.24. The summed E-state index contributed by atoms with van der Waals surface area (Å²) in [6.07, 6.45) is 0.750. The summed E-state index contributed by atoms with van der Waals surface area (Å²) in [6, 6.07) is 17.9. The smallest absolute Gasteiger partial charge is 0.230 e. The van der Waals surface area contributed by atoms with Gasteiger partial charge >= 0.3 is 0 Å². The summed E-state index contributed by atoms with van der Waals surface area (Å²) in [5.41, 5.74) is 2.35. The number of benzene rings is 2. The van der Waals surface area contributed by atoms with Gasteiger partial charge in [-0.2, -0.15) is 0 Å². The van der Waals surface area contributed by atoms with Gasteiger partial charge < -0.3 is 14.6 Å².